The molecule has 0 aromatic heterocycles. The molecule has 2 aromatic rings. The quantitative estimate of drug-likeness (QED) is 0.801. The molecule has 0 spiro atoms. The van der Waals surface area contributed by atoms with Crippen LogP contribution in [0.4, 0.5) is 5.69 Å². The number of nitrogens with one attached hydrogen (secondary N) is 1. The average Bonchev–Trinajstić information content (AvgIpc) is 2.66. The Labute approximate surface area is 167 Å². The van der Waals surface area contributed by atoms with Gasteiger partial charge in [0.15, 0.2) is 9.84 Å². The lowest BCUT2D eigenvalue weighted by Gasteiger charge is -2.35. The molecule has 150 valence electrons. The molecule has 1 aliphatic heterocycles. The molecule has 1 N–H and O–H groups in total. The maximum absolute atomic E-state index is 12.5. The van der Waals surface area contributed by atoms with Crippen molar-refractivity contribution in [1.82, 2.24) is 10.2 Å². The third kappa shape index (κ3) is 5.56. The number of rotatable bonds is 6. The predicted octanol–water partition coefficient (Wildman–Crippen LogP) is 1.91. The highest BCUT2D eigenvalue weighted by molar-refractivity contribution is 7.89. The normalized spacial score (nSPS) is 15.4. The van der Waals surface area contributed by atoms with Gasteiger partial charge in [-0.15, -0.1) is 0 Å². The van der Waals surface area contributed by atoms with Gasteiger partial charge in [-0.3, -0.25) is 4.79 Å². The summed E-state index contributed by atoms with van der Waals surface area (Å²) in [4.78, 5) is 17.2. The van der Waals surface area contributed by atoms with Crippen LogP contribution in [0.2, 0.25) is 0 Å². The van der Waals surface area contributed by atoms with E-state index in [1.807, 2.05) is 18.2 Å². The summed E-state index contributed by atoms with van der Waals surface area (Å²) in [6, 6.07) is 14.9. The third-order valence-corrected chi connectivity index (χ3v) is 5.78. The molecule has 0 atom stereocenters. The first-order chi connectivity index (χ1) is 13.3. The zero-order valence-corrected chi connectivity index (χ0v) is 17.2. The van der Waals surface area contributed by atoms with Crippen molar-refractivity contribution in [3.05, 3.63) is 65.2 Å². The summed E-state index contributed by atoms with van der Waals surface area (Å²) in [6.45, 7) is 4.46. The van der Waals surface area contributed by atoms with Gasteiger partial charge in [0.25, 0.3) is 5.91 Å². The standard InChI is InChI=1S/C21H27N3O3S/c1-23-11-13-24(14-12-23)20-6-4-3-5-19(20)15-22-21(25)18-9-7-17(8-10-18)16-28(2,26)27/h3-10H,11-16H2,1-2H3,(H,22,25). The van der Waals surface area contributed by atoms with Gasteiger partial charge >= 0.3 is 0 Å². The lowest BCUT2D eigenvalue weighted by molar-refractivity contribution is 0.0951. The van der Waals surface area contributed by atoms with Crippen LogP contribution >= 0.6 is 0 Å². The maximum atomic E-state index is 12.5. The van der Waals surface area contributed by atoms with Crippen molar-refractivity contribution in [2.45, 2.75) is 12.3 Å². The van der Waals surface area contributed by atoms with E-state index in [1.165, 1.54) is 11.9 Å². The van der Waals surface area contributed by atoms with E-state index in [-0.39, 0.29) is 11.7 Å². The highest BCUT2D eigenvalue weighted by atomic mass is 32.2. The van der Waals surface area contributed by atoms with Crippen molar-refractivity contribution in [2.24, 2.45) is 0 Å². The number of carbonyl (C=O) groups excluding carboxylic acids is 1. The number of piperazine rings is 1. The lowest BCUT2D eigenvalue weighted by Crippen LogP contribution is -2.45. The minimum absolute atomic E-state index is 0.0205. The summed E-state index contributed by atoms with van der Waals surface area (Å²) in [5.41, 5.74) is 3.46. The van der Waals surface area contributed by atoms with Crippen LogP contribution < -0.4 is 10.2 Å². The SMILES string of the molecule is CN1CCN(c2ccccc2CNC(=O)c2ccc(CS(C)(=O)=O)cc2)CC1. The zero-order chi connectivity index (χ0) is 20.1. The second-order valence-corrected chi connectivity index (χ2v) is 9.51. The second-order valence-electron chi connectivity index (χ2n) is 7.37. The molecule has 0 aliphatic carbocycles. The molecular formula is C21H27N3O3S. The van der Waals surface area contributed by atoms with Crippen LogP contribution in [0, 0.1) is 0 Å². The molecule has 6 nitrogen and oxygen atoms in total. The number of hydrogen-bond donors (Lipinski definition) is 1. The molecule has 1 aliphatic rings. The first-order valence-corrected chi connectivity index (χ1v) is 11.4. The molecule has 1 fully saturated rings. The van der Waals surface area contributed by atoms with E-state index in [2.05, 4.69) is 28.2 Å². The highest BCUT2D eigenvalue weighted by Crippen LogP contribution is 2.21. The molecule has 0 bridgehead atoms. The Morgan fingerprint density at radius 3 is 2.29 bits per heavy atom. The van der Waals surface area contributed by atoms with Crippen LogP contribution in [0.1, 0.15) is 21.5 Å². The van der Waals surface area contributed by atoms with Crippen molar-refractivity contribution < 1.29 is 13.2 Å². The van der Waals surface area contributed by atoms with E-state index >= 15 is 0 Å². The highest BCUT2D eigenvalue weighted by Gasteiger charge is 2.17. The predicted molar refractivity (Wildman–Crippen MR) is 112 cm³/mol. The van der Waals surface area contributed by atoms with E-state index in [4.69, 9.17) is 0 Å². The molecule has 2 aromatic carbocycles. The molecule has 28 heavy (non-hydrogen) atoms. The topological polar surface area (TPSA) is 69.7 Å². The summed E-state index contributed by atoms with van der Waals surface area (Å²) in [6.07, 6.45) is 1.20. The summed E-state index contributed by atoms with van der Waals surface area (Å²) in [5.74, 6) is -0.188. The van der Waals surface area contributed by atoms with Crippen molar-refractivity contribution in [1.29, 1.82) is 0 Å². The van der Waals surface area contributed by atoms with Crippen LogP contribution in [-0.4, -0.2) is 58.7 Å². The van der Waals surface area contributed by atoms with Gasteiger partial charge in [0.1, 0.15) is 0 Å². The molecule has 0 radical (unpaired) electrons. The fraction of sp³-hybridized carbons (Fsp3) is 0.381. The number of para-hydroxylation sites is 1. The molecule has 7 heteroatoms. The molecule has 3 rings (SSSR count). The van der Waals surface area contributed by atoms with E-state index in [0.29, 0.717) is 17.7 Å². The monoisotopic (exact) mass is 401 g/mol. The van der Waals surface area contributed by atoms with Gasteiger partial charge in [-0.1, -0.05) is 30.3 Å². The Bertz CT molecular complexity index is 918. The fourth-order valence-electron chi connectivity index (χ4n) is 3.35. The lowest BCUT2D eigenvalue weighted by atomic mass is 10.1. The number of carbonyl (C=O) groups is 1. The average molecular weight is 402 g/mol. The van der Waals surface area contributed by atoms with E-state index in [1.54, 1.807) is 24.3 Å². The van der Waals surface area contributed by atoms with Crippen LogP contribution in [0.25, 0.3) is 0 Å². The maximum Gasteiger partial charge on any atom is 0.251 e. The van der Waals surface area contributed by atoms with E-state index < -0.39 is 9.84 Å². The number of nitrogens with zero attached hydrogens (tertiary/aromatic N) is 2. The first-order valence-electron chi connectivity index (χ1n) is 9.38. The minimum Gasteiger partial charge on any atom is -0.369 e. The van der Waals surface area contributed by atoms with Crippen molar-refractivity contribution >= 4 is 21.4 Å². The number of likely N-dealkylation sites (N-methyl/N-ethyl adjacent to an activating group) is 1. The van der Waals surface area contributed by atoms with Crippen molar-refractivity contribution in [2.75, 3.05) is 44.4 Å². The molecule has 0 unspecified atom stereocenters. The van der Waals surface area contributed by atoms with Crippen LogP contribution in [0.3, 0.4) is 0 Å². The van der Waals surface area contributed by atoms with Gasteiger partial charge in [0, 0.05) is 50.2 Å². The molecular weight excluding hydrogens is 374 g/mol. The number of benzene rings is 2. The second kappa shape index (κ2) is 8.75. The van der Waals surface area contributed by atoms with Gasteiger partial charge in [0.2, 0.25) is 0 Å². The van der Waals surface area contributed by atoms with Crippen molar-refractivity contribution in [3.63, 3.8) is 0 Å². The molecule has 1 saturated heterocycles. The Morgan fingerprint density at radius 1 is 1.00 bits per heavy atom. The van der Waals surface area contributed by atoms with Gasteiger partial charge in [-0.25, -0.2) is 8.42 Å². The minimum atomic E-state index is -3.08. The van der Waals surface area contributed by atoms with Crippen LogP contribution in [-0.2, 0) is 22.1 Å². The summed E-state index contributed by atoms with van der Waals surface area (Å²) in [7, 11) is -0.954. The molecule has 1 heterocycles. The smallest absolute Gasteiger partial charge is 0.251 e. The van der Waals surface area contributed by atoms with Crippen LogP contribution in [0.15, 0.2) is 48.5 Å². The number of hydrogen-bond acceptors (Lipinski definition) is 5. The number of sulfone groups is 1. The summed E-state index contributed by atoms with van der Waals surface area (Å²) >= 11 is 0. The van der Waals surface area contributed by atoms with Gasteiger partial charge in [-0.05, 0) is 36.4 Å². The number of amides is 1. The van der Waals surface area contributed by atoms with Gasteiger partial charge in [0.05, 0.1) is 5.75 Å². The largest absolute Gasteiger partial charge is 0.369 e. The van der Waals surface area contributed by atoms with E-state index in [9.17, 15) is 13.2 Å². The summed E-state index contributed by atoms with van der Waals surface area (Å²) in [5, 5.41) is 2.98. The summed E-state index contributed by atoms with van der Waals surface area (Å²) < 4.78 is 22.7. The Kier molecular flexibility index (Phi) is 6.36. The Hall–Kier alpha value is -2.38. The van der Waals surface area contributed by atoms with E-state index in [0.717, 1.165) is 31.7 Å². The van der Waals surface area contributed by atoms with Gasteiger partial charge in [-0.2, -0.15) is 0 Å². The Morgan fingerprint density at radius 2 is 1.64 bits per heavy atom. The zero-order valence-electron chi connectivity index (χ0n) is 16.4. The van der Waals surface area contributed by atoms with Crippen LogP contribution in [0.5, 0.6) is 0 Å². The third-order valence-electron chi connectivity index (χ3n) is 4.92. The van der Waals surface area contributed by atoms with Crippen molar-refractivity contribution in [3.8, 4) is 0 Å². The Balaban J connectivity index is 1.63. The fourth-order valence-corrected chi connectivity index (χ4v) is 4.15. The first kappa shape index (κ1) is 20.4. The van der Waals surface area contributed by atoms with Gasteiger partial charge < -0.3 is 15.1 Å². The molecule has 1 amide bonds. The molecule has 0 saturated carbocycles. The number of anilines is 1.